The van der Waals surface area contributed by atoms with Crippen LogP contribution in [0.2, 0.25) is 0 Å². The van der Waals surface area contributed by atoms with E-state index in [0.717, 1.165) is 6.54 Å². The summed E-state index contributed by atoms with van der Waals surface area (Å²) in [4.78, 5) is 0. The molecular formula is C9H15N3OS. The molecule has 2 rings (SSSR count). The highest BCUT2D eigenvalue weighted by Crippen LogP contribution is 2.26. The minimum absolute atomic E-state index is 0.0418. The first kappa shape index (κ1) is 9.86. The lowest BCUT2D eigenvalue weighted by atomic mass is 10.1. The maximum Gasteiger partial charge on any atom is 0.195 e. The monoisotopic (exact) mass is 213 g/mol. The van der Waals surface area contributed by atoms with Crippen molar-refractivity contribution in [2.75, 3.05) is 0 Å². The van der Waals surface area contributed by atoms with E-state index in [-0.39, 0.29) is 6.61 Å². The minimum atomic E-state index is -0.0418. The van der Waals surface area contributed by atoms with Gasteiger partial charge in [0.1, 0.15) is 6.61 Å². The molecule has 4 nitrogen and oxygen atoms in total. The molecule has 0 radical (unpaired) electrons. The van der Waals surface area contributed by atoms with Crippen LogP contribution < -0.4 is 0 Å². The van der Waals surface area contributed by atoms with Crippen molar-refractivity contribution in [2.45, 2.75) is 38.8 Å². The van der Waals surface area contributed by atoms with Crippen molar-refractivity contribution in [2.24, 2.45) is 5.92 Å². The zero-order valence-electron chi connectivity index (χ0n) is 8.07. The van der Waals surface area contributed by atoms with Crippen LogP contribution in [-0.2, 0) is 13.2 Å². The summed E-state index contributed by atoms with van der Waals surface area (Å²) in [5, 5.41) is 15.7. The maximum absolute atomic E-state index is 9.06. The average molecular weight is 213 g/mol. The van der Waals surface area contributed by atoms with Crippen LogP contribution in [0.4, 0.5) is 0 Å². The average Bonchev–Trinajstić information content (AvgIpc) is 2.79. The van der Waals surface area contributed by atoms with Crippen LogP contribution in [0.3, 0.4) is 0 Å². The van der Waals surface area contributed by atoms with Crippen molar-refractivity contribution in [1.82, 2.24) is 14.8 Å². The number of nitrogens with one attached hydrogen (secondary N) is 1. The van der Waals surface area contributed by atoms with Gasteiger partial charge in [-0.3, -0.25) is 5.10 Å². The van der Waals surface area contributed by atoms with Gasteiger partial charge in [-0.2, -0.15) is 5.10 Å². The fraction of sp³-hybridized carbons (Fsp3) is 0.778. The normalized spacial score (nSPS) is 17.8. The number of nitrogens with zero attached hydrogens (tertiary/aromatic N) is 2. The molecule has 78 valence electrons. The lowest BCUT2D eigenvalue weighted by Crippen LogP contribution is -2.10. The zero-order valence-corrected chi connectivity index (χ0v) is 8.89. The van der Waals surface area contributed by atoms with Gasteiger partial charge in [0.05, 0.1) is 0 Å². The second kappa shape index (κ2) is 4.23. The number of H-pyrrole nitrogens is 1. The van der Waals surface area contributed by atoms with E-state index in [1.165, 1.54) is 25.7 Å². The Morgan fingerprint density at radius 1 is 1.50 bits per heavy atom. The Kier molecular flexibility index (Phi) is 2.98. The Bertz CT molecular complexity index is 351. The van der Waals surface area contributed by atoms with Crippen LogP contribution in [0, 0.1) is 10.7 Å². The van der Waals surface area contributed by atoms with Crippen molar-refractivity contribution in [3.05, 3.63) is 10.6 Å². The van der Waals surface area contributed by atoms with Crippen molar-refractivity contribution in [1.29, 1.82) is 0 Å². The van der Waals surface area contributed by atoms with E-state index in [2.05, 4.69) is 10.2 Å². The number of rotatable bonds is 3. The van der Waals surface area contributed by atoms with Crippen molar-refractivity contribution >= 4 is 12.2 Å². The lowest BCUT2D eigenvalue weighted by Gasteiger charge is -2.10. The van der Waals surface area contributed by atoms with Gasteiger partial charge in [0.15, 0.2) is 10.6 Å². The van der Waals surface area contributed by atoms with Gasteiger partial charge in [0.25, 0.3) is 0 Å². The molecule has 1 aliphatic carbocycles. The molecule has 0 bridgehead atoms. The van der Waals surface area contributed by atoms with E-state index >= 15 is 0 Å². The summed E-state index contributed by atoms with van der Waals surface area (Å²) in [7, 11) is 0. The smallest absolute Gasteiger partial charge is 0.195 e. The van der Waals surface area contributed by atoms with E-state index < -0.39 is 0 Å². The number of aromatic amines is 1. The van der Waals surface area contributed by atoms with Crippen LogP contribution in [0.15, 0.2) is 0 Å². The molecule has 0 aliphatic heterocycles. The van der Waals surface area contributed by atoms with Crippen molar-refractivity contribution in [3.8, 4) is 0 Å². The molecule has 0 unspecified atom stereocenters. The van der Waals surface area contributed by atoms with Gasteiger partial charge in [0.2, 0.25) is 0 Å². The number of aliphatic hydroxyl groups is 1. The fourth-order valence-corrected chi connectivity index (χ4v) is 2.34. The molecule has 1 fully saturated rings. The topological polar surface area (TPSA) is 53.8 Å². The van der Waals surface area contributed by atoms with Gasteiger partial charge < -0.3 is 9.67 Å². The first-order chi connectivity index (χ1) is 6.81. The van der Waals surface area contributed by atoms with Gasteiger partial charge in [0, 0.05) is 6.54 Å². The zero-order chi connectivity index (χ0) is 9.97. The van der Waals surface area contributed by atoms with Crippen LogP contribution >= 0.6 is 12.2 Å². The first-order valence-corrected chi connectivity index (χ1v) is 5.47. The summed E-state index contributed by atoms with van der Waals surface area (Å²) >= 11 is 5.11. The molecule has 0 saturated heterocycles. The highest BCUT2D eigenvalue weighted by molar-refractivity contribution is 7.71. The Balaban J connectivity index is 2.13. The standard InChI is InChI=1S/C9H15N3OS/c13-6-8-10-11-9(14)12(8)5-7-3-1-2-4-7/h7,13H,1-6H2,(H,11,14). The van der Waals surface area contributed by atoms with Crippen LogP contribution in [0.5, 0.6) is 0 Å². The predicted octanol–water partition coefficient (Wildman–Crippen LogP) is 1.62. The summed E-state index contributed by atoms with van der Waals surface area (Å²) < 4.78 is 2.55. The second-order valence-corrected chi connectivity index (χ2v) is 4.25. The Morgan fingerprint density at radius 2 is 2.21 bits per heavy atom. The number of aromatic nitrogens is 3. The van der Waals surface area contributed by atoms with E-state index in [9.17, 15) is 0 Å². The van der Waals surface area contributed by atoms with Crippen LogP contribution in [-0.4, -0.2) is 19.9 Å². The molecule has 1 aromatic heterocycles. The third kappa shape index (κ3) is 1.88. The maximum atomic E-state index is 9.06. The molecule has 1 aromatic rings. The molecule has 1 saturated carbocycles. The molecule has 14 heavy (non-hydrogen) atoms. The first-order valence-electron chi connectivity index (χ1n) is 5.06. The molecule has 0 spiro atoms. The third-order valence-corrected chi connectivity index (χ3v) is 3.21. The Morgan fingerprint density at radius 3 is 2.86 bits per heavy atom. The van der Waals surface area contributed by atoms with E-state index in [1.807, 2.05) is 4.57 Å². The van der Waals surface area contributed by atoms with Gasteiger partial charge in [-0.1, -0.05) is 12.8 Å². The largest absolute Gasteiger partial charge is 0.388 e. The molecule has 5 heteroatoms. The van der Waals surface area contributed by atoms with Gasteiger partial charge in [-0.15, -0.1) is 0 Å². The summed E-state index contributed by atoms with van der Waals surface area (Å²) in [6.45, 7) is 0.866. The lowest BCUT2D eigenvalue weighted by molar-refractivity contribution is 0.260. The molecule has 1 aliphatic rings. The molecule has 2 N–H and O–H groups in total. The van der Waals surface area contributed by atoms with Gasteiger partial charge >= 0.3 is 0 Å². The Hall–Kier alpha value is -0.680. The third-order valence-electron chi connectivity index (χ3n) is 2.89. The highest BCUT2D eigenvalue weighted by Gasteiger charge is 2.17. The van der Waals surface area contributed by atoms with Gasteiger partial charge in [-0.05, 0) is 31.0 Å². The molecule has 1 heterocycles. The highest BCUT2D eigenvalue weighted by atomic mass is 32.1. The van der Waals surface area contributed by atoms with E-state index in [1.54, 1.807) is 0 Å². The quantitative estimate of drug-likeness (QED) is 0.750. The number of aliphatic hydroxyl groups excluding tert-OH is 1. The summed E-state index contributed by atoms with van der Waals surface area (Å²) in [5.41, 5.74) is 0. The summed E-state index contributed by atoms with van der Waals surface area (Å²) in [6, 6.07) is 0. The van der Waals surface area contributed by atoms with E-state index in [0.29, 0.717) is 16.5 Å². The SMILES string of the molecule is OCc1n[nH]c(=S)n1CC1CCCC1. The van der Waals surface area contributed by atoms with Gasteiger partial charge in [-0.25, -0.2) is 0 Å². The summed E-state index contributed by atoms with van der Waals surface area (Å²) in [5.74, 6) is 1.37. The number of hydrogen-bond acceptors (Lipinski definition) is 3. The van der Waals surface area contributed by atoms with E-state index in [4.69, 9.17) is 17.3 Å². The van der Waals surface area contributed by atoms with Crippen molar-refractivity contribution in [3.63, 3.8) is 0 Å². The molecule has 0 aromatic carbocycles. The number of hydrogen-bond donors (Lipinski definition) is 2. The molecule has 0 amide bonds. The Labute approximate surface area is 88.0 Å². The van der Waals surface area contributed by atoms with Crippen LogP contribution in [0.1, 0.15) is 31.5 Å². The summed E-state index contributed by atoms with van der Waals surface area (Å²) in [6.07, 6.45) is 5.20. The van der Waals surface area contributed by atoms with Crippen LogP contribution in [0.25, 0.3) is 0 Å². The fourth-order valence-electron chi connectivity index (χ4n) is 2.11. The van der Waals surface area contributed by atoms with Crippen molar-refractivity contribution < 1.29 is 5.11 Å². The second-order valence-electron chi connectivity index (χ2n) is 3.86. The molecular weight excluding hydrogens is 198 g/mol. The molecule has 0 atom stereocenters. The predicted molar refractivity (Wildman–Crippen MR) is 55.3 cm³/mol. The minimum Gasteiger partial charge on any atom is -0.388 e.